The third kappa shape index (κ3) is 13.5. The lowest BCUT2D eigenvalue weighted by Gasteiger charge is -2.41. The number of thiophene rings is 1. The third-order valence-corrected chi connectivity index (χ3v) is 17.0. The molecule has 4 nitrogen and oxygen atoms in total. The molecule has 0 amide bonds. The SMILES string of the molecule is [2H]C1=CC([2H])C(N(/C(C)=C/C(N/C=C2/Cc3cc(C(C)(C)C)ccc3O2)=C(\CNC(/C=C\CC(C)C)=C/C)B(C2=CCC(C(C)CCCC)C=C2)c2cc3cc4c(cc3s2)C(C)(C)CCC4(C)C)/C(C=C)=C/C=C)C=C1[2H]. The Morgan fingerprint density at radius 3 is 2.46 bits per heavy atom. The number of allylic oxidation sites excluding steroid dienone is 15. The van der Waals surface area contributed by atoms with Crippen molar-refractivity contribution in [3.8, 4) is 5.75 Å². The van der Waals surface area contributed by atoms with Crippen molar-refractivity contribution in [2.24, 2.45) is 17.8 Å². The van der Waals surface area contributed by atoms with E-state index in [-0.39, 0.29) is 35.1 Å². The van der Waals surface area contributed by atoms with Crippen LogP contribution in [0.2, 0.25) is 0 Å². The van der Waals surface area contributed by atoms with Crippen LogP contribution in [0.1, 0.15) is 168 Å². The van der Waals surface area contributed by atoms with E-state index in [9.17, 15) is 1.37 Å². The van der Waals surface area contributed by atoms with Gasteiger partial charge in [-0.2, -0.15) is 0 Å². The number of hydrogen-bond acceptors (Lipinski definition) is 5. The van der Waals surface area contributed by atoms with Gasteiger partial charge in [0, 0.05) is 53.6 Å². The largest absolute Gasteiger partial charge is 0.460 e. The molecule has 7 rings (SSSR count). The Balaban J connectivity index is 1.52. The minimum Gasteiger partial charge on any atom is -0.460 e. The van der Waals surface area contributed by atoms with E-state index in [2.05, 4.69) is 204 Å². The van der Waals surface area contributed by atoms with Gasteiger partial charge in [0.15, 0.2) is 0 Å². The molecule has 0 saturated heterocycles. The molecule has 2 heterocycles. The molecule has 0 saturated carbocycles. The summed E-state index contributed by atoms with van der Waals surface area (Å²) < 4.78 is 35.9. The van der Waals surface area contributed by atoms with Gasteiger partial charge in [0.05, 0.1) is 8.78 Å². The second-order valence-electron chi connectivity index (χ2n) is 24.0. The molecule has 2 N–H and O–H groups in total. The van der Waals surface area contributed by atoms with Crippen LogP contribution in [0.5, 0.6) is 5.75 Å². The van der Waals surface area contributed by atoms with Crippen molar-refractivity contribution < 1.29 is 8.85 Å². The van der Waals surface area contributed by atoms with Gasteiger partial charge in [0.25, 0.3) is 6.71 Å². The number of ether oxygens (including phenoxy) is 1. The van der Waals surface area contributed by atoms with E-state index < -0.39 is 12.4 Å². The van der Waals surface area contributed by atoms with E-state index in [1.165, 1.54) is 61.9 Å². The van der Waals surface area contributed by atoms with Crippen LogP contribution in [0.3, 0.4) is 0 Å². The monoisotopic (exact) mass is 1010 g/mol. The molecule has 74 heavy (non-hydrogen) atoms. The van der Waals surface area contributed by atoms with Crippen LogP contribution in [0.25, 0.3) is 10.1 Å². The van der Waals surface area contributed by atoms with E-state index in [0.717, 1.165) is 65.5 Å². The summed E-state index contributed by atoms with van der Waals surface area (Å²) in [5.41, 5.74) is 11.5. The van der Waals surface area contributed by atoms with Crippen LogP contribution in [-0.4, -0.2) is 24.2 Å². The molecule has 4 unspecified atom stereocenters. The minimum absolute atomic E-state index is 0.000654. The molecule has 4 atom stereocenters. The lowest BCUT2D eigenvalue weighted by Crippen LogP contribution is -2.40. The standard InChI is InChI=1S/C68H90BN3OS/c1-16-20-27-48(7)50-31-34-54(35-32-50)69(65-43-52-42-59-60(44-64(52)74-65)68(14,15)38-37-67(59,12)13)61(46-70-55(18-3)28-24-26-47(5)6)62(39-49(8)72(56(19-4)25-17-2)57-29-22-21-23-30-57)71-45-58-41-51-40-53(66(9,10)11)33-36-63(51)73-58/h17-19,21-25,28-29,31,33-36,39-40,42-45,47-48,50,57,70-71H,2,4,16,20,26-27,30,32,37-38,41,46H2,1,3,5-15H3/b28-24-,49-39+,55-18+,56-25+,58-45-,62-61-/i21D,22D,30D. The fourth-order valence-electron chi connectivity index (χ4n) is 11.0. The molecule has 2 aromatic carbocycles. The Morgan fingerprint density at radius 2 is 1.80 bits per heavy atom. The molecule has 4 aliphatic rings. The van der Waals surface area contributed by atoms with Gasteiger partial charge in [0.2, 0.25) is 0 Å². The molecule has 3 aliphatic carbocycles. The number of unbranched alkanes of at least 4 members (excludes halogenated alkanes) is 1. The Kier molecular flexibility index (Phi) is 17.2. The summed E-state index contributed by atoms with van der Waals surface area (Å²) in [4.78, 5) is 2.08. The van der Waals surface area contributed by atoms with E-state index in [0.29, 0.717) is 30.7 Å². The van der Waals surface area contributed by atoms with Crippen molar-refractivity contribution >= 4 is 32.9 Å². The molecule has 0 radical (unpaired) electrons. The second kappa shape index (κ2) is 24.5. The molecule has 6 heteroatoms. The second-order valence-corrected chi connectivity index (χ2v) is 25.1. The molecule has 1 aliphatic heterocycles. The zero-order valence-corrected chi connectivity index (χ0v) is 48.3. The van der Waals surface area contributed by atoms with E-state index in [1.54, 1.807) is 24.3 Å². The zero-order chi connectivity index (χ0) is 56.0. The maximum Gasteiger partial charge on any atom is 0.253 e. The first-order valence-electron chi connectivity index (χ1n) is 29.3. The van der Waals surface area contributed by atoms with Gasteiger partial charge in [-0.25, -0.2) is 0 Å². The van der Waals surface area contributed by atoms with Gasteiger partial charge in [-0.1, -0.05) is 187 Å². The fourth-order valence-corrected chi connectivity index (χ4v) is 12.3. The lowest BCUT2D eigenvalue weighted by atomic mass is 9.37. The molecular formula is C68H90BN3OS. The van der Waals surface area contributed by atoms with Gasteiger partial charge >= 0.3 is 0 Å². The van der Waals surface area contributed by atoms with Crippen molar-refractivity contribution in [3.05, 3.63) is 203 Å². The summed E-state index contributed by atoms with van der Waals surface area (Å²) in [7, 11) is 0. The third-order valence-electron chi connectivity index (χ3n) is 15.9. The molecular weight excluding hydrogens is 918 g/mol. The van der Waals surface area contributed by atoms with Crippen molar-refractivity contribution in [1.29, 1.82) is 0 Å². The molecule has 1 aromatic heterocycles. The smallest absolute Gasteiger partial charge is 0.253 e. The number of fused-ring (bicyclic) bond motifs is 3. The molecule has 392 valence electrons. The normalized spacial score (nSPS) is 22.6. The Bertz CT molecular complexity index is 2940. The number of rotatable bonds is 21. The highest BCUT2D eigenvalue weighted by atomic mass is 32.1. The first-order chi connectivity index (χ1) is 36.5. The number of benzene rings is 2. The predicted molar refractivity (Wildman–Crippen MR) is 325 cm³/mol. The van der Waals surface area contributed by atoms with Crippen molar-refractivity contribution in [3.63, 3.8) is 0 Å². The Morgan fingerprint density at radius 1 is 1.04 bits per heavy atom. The zero-order valence-electron chi connectivity index (χ0n) is 50.5. The summed E-state index contributed by atoms with van der Waals surface area (Å²) in [6.45, 7) is 38.5. The van der Waals surface area contributed by atoms with Crippen molar-refractivity contribution in [1.82, 2.24) is 15.5 Å². The lowest BCUT2D eigenvalue weighted by molar-refractivity contribution is 0.332. The minimum atomic E-state index is -0.813. The van der Waals surface area contributed by atoms with Crippen LogP contribution < -0.4 is 20.1 Å². The summed E-state index contributed by atoms with van der Waals surface area (Å²) in [6, 6.07) is 13.7. The maximum atomic E-state index is 9.36. The summed E-state index contributed by atoms with van der Waals surface area (Å²) in [6.07, 6.45) is 34.9. The van der Waals surface area contributed by atoms with Gasteiger partial charge in [-0.05, 0) is 161 Å². The summed E-state index contributed by atoms with van der Waals surface area (Å²) in [5.74, 6) is 3.28. The van der Waals surface area contributed by atoms with Crippen molar-refractivity contribution in [2.45, 2.75) is 170 Å². The maximum absolute atomic E-state index is 9.36. The van der Waals surface area contributed by atoms with Crippen LogP contribution >= 0.6 is 11.3 Å². The fraction of sp³-hybridized carbons (Fsp3) is 0.441. The van der Waals surface area contributed by atoms with Crippen LogP contribution in [0, 0.1) is 17.8 Å². The summed E-state index contributed by atoms with van der Waals surface area (Å²) in [5, 5.41) is 9.20. The van der Waals surface area contributed by atoms with Gasteiger partial charge < -0.3 is 20.3 Å². The van der Waals surface area contributed by atoms with Crippen LogP contribution in [0.4, 0.5) is 0 Å². The average molecular weight is 1010 g/mol. The topological polar surface area (TPSA) is 36.5 Å². The highest BCUT2D eigenvalue weighted by Crippen LogP contribution is 2.48. The first kappa shape index (κ1) is 52.0. The van der Waals surface area contributed by atoms with Gasteiger partial charge in [0.1, 0.15) is 11.5 Å². The molecule has 0 fully saturated rings. The Hall–Kier alpha value is -5.46. The van der Waals surface area contributed by atoms with Crippen LogP contribution in [-0.2, 0) is 22.7 Å². The highest BCUT2D eigenvalue weighted by Gasteiger charge is 2.38. The number of nitrogens with zero attached hydrogens (tertiary/aromatic N) is 1. The first-order valence-corrected chi connectivity index (χ1v) is 28.6. The molecule has 3 aromatic rings. The summed E-state index contributed by atoms with van der Waals surface area (Å²) >= 11 is 1.92. The van der Waals surface area contributed by atoms with E-state index >= 15 is 0 Å². The molecule has 0 spiro atoms. The number of nitrogens with one attached hydrogen (secondary N) is 2. The number of hydrogen-bond donors (Lipinski definition) is 2. The van der Waals surface area contributed by atoms with Crippen LogP contribution in [0.15, 0.2) is 180 Å². The molecule has 0 bridgehead atoms. The highest BCUT2D eigenvalue weighted by molar-refractivity contribution is 7.30. The Labute approximate surface area is 457 Å². The van der Waals surface area contributed by atoms with Gasteiger partial charge in [-0.15, -0.1) is 11.3 Å². The predicted octanol–water partition coefficient (Wildman–Crippen LogP) is 17.4. The van der Waals surface area contributed by atoms with Crippen molar-refractivity contribution in [2.75, 3.05) is 6.54 Å². The van der Waals surface area contributed by atoms with E-state index in [1.807, 2.05) is 17.4 Å². The van der Waals surface area contributed by atoms with Gasteiger partial charge in [-0.3, -0.25) is 0 Å². The average Bonchev–Trinajstić information content (AvgIpc) is 4.00. The van der Waals surface area contributed by atoms with E-state index in [4.69, 9.17) is 7.48 Å². The quantitative estimate of drug-likeness (QED) is 0.0824.